The molecule has 0 aliphatic carbocycles. The molecule has 1 aliphatic heterocycles. The maximum absolute atomic E-state index is 13.5. The Labute approximate surface area is 221 Å². The van der Waals surface area contributed by atoms with Crippen LogP contribution in [0.2, 0.25) is 0 Å². The van der Waals surface area contributed by atoms with Crippen molar-refractivity contribution in [3.05, 3.63) is 60.2 Å². The third-order valence-corrected chi connectivity index (χ3v) is 6.47. The Kier molecular flexibility index (Phi) is 7.23. The van der Waals surface area contributed by atoms with Crippen LogP contribution >= 0.6 is 0 Å². The van der Waals surface area contributed by atoms with Crippen molar-refractivity contribution >= 4 is 28.4 Å². The van der Waals surface area contributed by atoms with Gasteiger partial charge in [0.25, 0.3) is 0 Å². The van der Waals surface area contributed by atoms with E-state index in [1.807, 2.05) is 66.4 Å². The number of pyridine rings is 1. The molecule has 38 heavy (non-hydrogen) atoms. The van der Waals surface area contributed by atoms with E-state index in [-0.39, 0.29) is 11.9 Å². The van der Waals surface area contributed by atoms with E-state index >= 15 is 0 Å². The summed E-state index contributed by atoms with van der Waals surface area (Å²) in [5.41, 5.74) is 4.57. The second-order valence-electron chi connectivity index (χ2n) is 8.94. The highest BCUT2D eigenvalue weighted by Gasteiger charge is 2.32. The third kappa shape index (κ3) is 5.03. The van der Waals surface area contributed by atoms with Crippen LogP contribution in [0.25, 0.3) is 22.3 Å². The lowest BCUT2D eigenvalue weighted by Crippen LogP contribution is -2.57. The molecule has 0 bridgehead atoms. The van der Waals surface area contributed by atoms with Crippen molar-refractivity contribution in [2.45, 2.75) is 13.0 Å². The number of carbonyl (C=O) groups excluding carboxylic acids is 1. The Balaban J connectivity index is 1.56. The molecule has 1 unspecified atom stereocenters. The summed E-state index contributed by atoms with van der Waals surface area (Å²) in [7, 11) is 4.72. The van der Waals surface area contributed by atoms with Crippen LogP contribution in [0.15, 0.2) is 54.6 Å². The number of amides is 1. The van der Waals surface area contributed by atoms with Gasteiger partial charge in [0.05, 0.1) is 32.5 Å². The van der Waals surface area contributed by atoms with Gasteiger partial charge < -0.3 is 29.7 Å². The second-order valence-corrected chi connectivity index (χ2v) is 8.94. The number of benzene rings is 2. The minimum atomic E-state index is -0.515. The third-order valence-electron chi connectivity index (χ3n) is 6.47. The monoisotopic (exact) mass is 514 g/mol. The fourth-order valence-electron chi connectivity index (χ4n) is 4.57. The van der Waals surface area contributed by atoms with Gasteiger partial charge in [-0.2, -0.15) is 9.97 Å². The maximum Gasteiger partial charge on any atom is 0.318 e. The molecule has 2 aromatic carbocycles. The topological polar surface area (TPSA) is 111 Å². The maximum atomic E-state index is 13.5. The number of hydrogen-bond acceptors (Lipinski definition) is 9. The van der Waals surface area contributed by atoms with E-state index in [1.54, 1.807) is 14.2 Å². The summed E-state index contributed by atoms with van der Waals surface area (Å²) in [5, 5.41) is 6.37. The molecule has 196 valence electrons. The van der Waals surface area contributed by atoms with Crippen molar-refractivity contribution in [3.8, 4) is 28.8 Å². The van der Waals surface area contributed by atoms with Crippen molar-refractivity contribution in [2.24, 2.45) is 0 Å². The lowest BCUT2D eigenvalue weighted by atomic mass is 10.1. The zero-order valence-electron chi connectivity index (χ0n) is 21.8. The Morgan fingerprint density at radius 3 is 2.58 bits per heavy atom. The number of rotatable bonds is 7. The van der Waals surface area contributed by atoms with Gasteiger partial charge in [0.15, 0.2) is 17.3 Å². The molecule has 1 aliphatic rings. The zero-order chi connectivity index (χ0) is 26.6. The number of ether oxygens (including phenoxy) is 3. The highest BCUT2D eigenvalue weighted by Crippen LogP contribution is 2.34. The molecule has 0 radical (unpaired) electrons. The molecule has 1 amide bonds. The van der Waals surface area contributed by atoms with Crippen LogP contribution in [-0.2, 0) is 4.79 Å². The standard InChI is InChI=1S/C28H30N6O4/c1-17-6-5-7-19(14-17)30-27(35)22-16-29-12-13-34(22)26-25-21(32-28(33-26)38-4)10-9-20(31-25)18-8-11-23(36-2)24(15-18)37-3/h5-11,14-15,22,29H,12-13,16H2,1-4H3,(H,30,35). The van der Waals surface area contributed by atoms with Gasteiger partial charge in [-0.1, -0.05) is 12.1 Å². The van der Waals surface area contributed by atoms with Gasteiger partial charge in [-0.3, -0.25) is 4.79 Å². The number of anilines is 2. The summed E-state index contributed by atoms with van der Waals surface area (Å²) in [4.78, 5) is 29.6. The quantitative estimate of drug-likeness (QED) is 0.383. The van der Waals surface area contributed by atoms with Gasteiger partial charge >= 0.3 is 6.01 Å². The number of aryl methyl sites for hydroxylation is 1. The van der Waals surface area contributed by atoms with E-state index in [0.29, 0.717) is 53.7 Å². The molecule has 1 fully saturated rings. The van der Waals surface area contributed by atoms with Gasteiger partial charge in [-0.05, 0) is 55.0 Å². The molecule has 0 saturated carbocycles. The van der Waals surface area contributed by atoms with Crippen molar-refractivity contribution in [1.29, 1.82) is 0 Å². The molecule has 5 rings (SSSR count). The lowest BCUT2D eigenvalue weighted by Gasteiger charge is -2.36. The minimum absolute atomic E-state index is 0.135. The molecule has 1 atom stereocenters. The Hall–Kier alpha value is -4.44. The normalized spacial score (nSPS) is 15.3. The number of nitrogens with one attached hydrogen (secondary N) is 2. The predicted octanol–water partition coefficient (Wildman–Crippen LogP) is 3.44. The first-order valence-corrected chi connectivity index (χ1v) is 12.3. The lowest BCUT2D eigenvalue weighted by molar-refractivity contribution is -0.117. The summed E-state index contributed by atoms with van der Waals surface area (Å²) in [6, 6.07) is 16.8. The smallest absolute Gasteiger partial charge is 0.318 e. The number of methoxy groups -OCH3 is 3. The molecule has 10 heteroatoms. The summed E-state index contributed by atoms with van der Waals surface area (Å²) in [6.07, 6.45) is 0. The van der Waals surface area contributed by atoms with E-state index in [4.69, 9.17) is 19.2 Å². The Morgan fingerprint density at radius 2 is 1.82 bits per heavy atom. The molecule has 2 aromatic heterocycles. The van der Waals surface area contributed by atoms with Gasteiger partial charge in [-0.25, -0.2) is 4.98 Å². The number of nitrogens with zero attached hydrogens (tertiary/aromatic N) is 4. The van der Waals surface area contributed by atoms with Crippen molar-refractivity contribution in [1.82, 2.24) is 20.3 Å². The van der Waals surface area contributed by atoms with E-state index in [2.05, 4.69) is 20.6 Å². The summed E-state index contributed by atoms with van der Waals surface area (Å²) in [5.74, 6) is 1.65. The van der Waals surface area contributed by atoms with Gasteiger partial charge in [0.2, 0.25) is 5.91 Å². The number of fused-ring (bicyclic) bond motifs is 1. The number of hydrogen-bond donors (Lipinski definition) is 2. The average Bonchev–Trinajstić information content (AvgIpc) is 2.95. The average molecular weight is 515 g/mol. The van der Waals surface area contributed by atoms with E-state index in [9.17, 15) is 4.79 Å². The van der Waals surface area contributed by atoms with Crippen LogP contribution in [0.5, 0.6) is 17.5 Å². The van der Waals surface area contributed by atoms with Crippen molar-refractivity contribution in [3.63, 3.8) is 0 Å². The summed E-state index contributed by atoms with van der Waals surface area (Å²) < 4.78 is 16.3. The van der Waals surface area contributed by atoms with Crippen LogP contribution in [0.1, 0.15) is 5.56 Å². The number of piperazine rings is 1. The molecule has 3 heterocycles. The highest BCUT2D eigenvalue weighted by atomic mass is 16.5. The van der Waals surface area contributed by atoms with Crippen LogP contribution in [0.4, 0.5) is 11.5 Å². The molecule has 0 spiro atoms. The molecular formula is C28H30N6O4. The fourth-order valence-corrected chi connectivity index (χ4v) is 4.57. The minimum Gasteiger partial charge on any atom is -0.493 e. The van der Waals surface area contributed by atoms with E-state index in [1.165, 1.54) is 7.11 Å². The fraction of sp³-hybridized carbons (Fsp3) is 0.286. The first-order valence-electron chi connectivity index (χ1n) is 12.3. The van der Waals surface area contributed by atoms with Crippen molar-refractivity contribution in [2.75, 3.05) is 51.2 Å². The van der Waals surface area contributed by atoms with Gasteiger partial charge in [0.1, 0.15) is 11.6 Å². The molecule has 2 N–H and O–H groups in total. The Bertz CT molecular complexity index is 1480. The number of aromatic nitrogens is 3. The zero-order valence-corrected chi connectivity index (χ0v) is 21.8. The molecule has 4 aromatic rings. The first-order chi connectivity index (χ1) is 18.5. The molecule has 10 nitrogen and oxygen atoms in total. The van der Waals surface area contributed by atoms with Crippen molar-refractivity contribution < 1.29 is 19.0 Å². The largest absolute Gasteiger partial charge is 0.493 e. The second kappa shape index (κ2) is 10.9. The van der Waals surface area contributed by atoms with Crippen LogP contribution in [0.3, 0.4) is 0 Å². The van der Waals surface area contributed by atoms with E-state index in [0.717, 1.165) is 16.8 Å². The van der Waals surface area contributed by atoms with Gasteiger partial charge in [0, 0.05) is 30.9 Å². The van der Waals surface area contributed by atoms with Crippen LogP contribution in [-0.4, -0.2) is 67.9 Å². The SMILES string of the molecule is COc1nc(N2CCNCC2C(=O)Nc2cccc(C)c2)c2nc(-c3ccc(OC)c(OC)c3)ccc2n1. The van der Waals surface area contributed by atoms with Crippen LogP contribution in [0, 0.1) is 6.92 Å². The molecule has 1 saturated heterocycles. The molecular weight excluding hydrogens is 484 g/mol. The summed E-state index contributed by atoms with van der Waals surface area (Å²) >= 11 is 0. The summed E-state index contributed by atoms with van der Waals surface area (Å²) in [6.45, 7) is 3.70. The van der Waals surface area contributed by atoms with E-state index < -0.39 is 6.04 Å². The first kappa shape index (κ1) is 25.2. The number of carbonyl (C=O) groups is 1. The highest BCUT2D eigenvalue weighted by molar-refractivity contribution is 5.99. The Morgan fingerprint density at radius 1 is 0.974 bits per heavy atom. The van der Waals surface area contributed by atoms with Gasteiger partial charge in [-0.15, -0.1) is 0 Å². The predicted molar refractivity (Wildman–Crippen MR) is 146 cm³/mol. The van der Waals surface area contributed by atoms with Crippen LogP contribution < -0.4 is 29.7 Å².